The normalized spacial score (nSPS) is 12.4. The van der Waals surface area contributed by atoms with E-state index >= 15 is 0 Å². The molecule has 0 fully saturated rings. The number of nitrogen functional groups attached to an aromatic ring is 1. The third kappa shape index (κ3) is 2.62. The van der Waals surface area contributed by atoms with E-state index in [-0.39, 0.29) is 6.79 Å². The quantitative estimate of drug-likeness (QED) is 0.799. The minimum atomic E-state index is 0.284. The van der Waals surface area contributed by atoms with Crippen LogP contribution in [0.2, 0.25) is 0 Å². The van der Waals surface area contributed by atoms with Gasteiger partial charge in [0.1, 0.15) is 5.82 Å². The highest BCUT2D eigenvalue weighted by atomic mass is 16.7. The lowest BCUT2D eigenvalue weighted by Gasteiger charge is -2.07. The molecule has 0 radical (unpaired) electrons. The first kappa shape index (κ1) is 14.4. The number of hydrogen-bond acceptors (Lipinski definition) is 5. The smallest absolute Gasteiger partial charge is 0.234 e. The molecular formula is C18H17N3O3. The third-order valence-corrected chi connectivity index (χ3v) is 3.99. The summed E-state index contributed by atoms with van der Waals surface area (Å²) >= 11 is 0. The molecule has 0 atom stereocenters. The Kier molecular flexibility index (Phi) is 3.49. The topological polar surface area (TPSA) is 71.5 Å². The van der Waals surface area contributed by atoms with E-state index in [9.17, 15) is 0 Å². The number of benzene rings is 2. The maximum absolute atomic E-state index is 5.93. The van der Waals surface area contributed by atoms with Crippen LogP contribution in [0.1, 0.15) is 5.56 Å². The molecule has 0 bridgehead atoms. The van der Waals surface area contributed by atoms with Gasteiger partial charge < -0.3 is 19.9 Å². The molecule has 2 heterocycles. The summed E-state index contributed by atoms with van der Waals surface area (Å²) in [5.74, 6) is 2.67. The molecule has 0 unspecified atom stereocenters. The molecule has 0 aliphatic carbocycles. The summed E-state index contributed by atoms with van der Waals surface area (Å²) < 4.78 is 17.6. The Morgan fingerprint density at radius 3 is 2.54 bits per heavy atom. The Morgan fingerprint density at radius 2 is 1.79 bits per heavy atom. The van der Waals surface area contributed by atoms with Crippen LogP contribution >= 0.6 is 0 Å². The van der Waals surface area contributed by atoms with E-state index in [0.29, 0.717) is 18.2 Å². The summed E-state index contributed by atoms with van der Waals surface area (Å²) in [6, 6.07) is 15.9. The Balaban J connectivity index is 1.55. The molecule has 2 aromatic carbocycles. The van der Waals surface area contributed by atoms with Crippen molar-refractivity contribution in [1.82, 2.24) is 9.78 Å². The molecule has 6 heteroatoms. The predicted octanol–water partition coefficient (Wildman–Crippen LogP) is 2.92. The van der Waals surface area contributed by atoms with Crippen LogP contribution in [0.25, 0.3) is 11.1 Å². The summed E-state index contributed by atoms with van der Waals surface area (Å²) in [6.07, 6.45) is 0. The molecular weight excluding hydrogens is 306 g/mol. The average molecular weight is 323 g/mol. The van der Waals surface area contributed by atoms with E-state index in [1.54, 1.807) is 17.9 Å². The van der Waals surface area contributed by atoms with E-state index in [1.165, 1.54) is 0 Å². The zero-order chi connectivity index (χ0) is 16.5. The van der Waals surface area contributed by atoms with Gasteiger partial charge in [-0.2, -0.15) is 0 Å². The SMILES string of the molecule is COc1cc(N)n(Cc2ccc(-c3ccc4c(c3)OCO4)cc2)n1. The van der Waals surface area contributed by atoms with Gasteiger partial charge in [0.15, 0.2) is 11.5 Å². The summed E-state index contributed by atoms with van der Waals surface area (Å²) in [7, 11) is 1.58. The summed E-state index contributed by atoms with van der Waals surface area (Å²) in [5, 5.41) is 4.28. The van der Waals surface area contributed by atoms with Gasteiger partial charge >= 0.3 is 0 Å². The lowest BCUT2D eigenvalue weighted by molar-refractivity contribution is 0.174. The van der Waals surface area contributed by atoms with Gasteiger partial charge in [-0.15, -0.1) is 5.10 Å². The number of methoxy groups -OCH3 is 1. The predicted molar refractivity (Wildman–Crippen MR) is 90.3 cm³/mol. The van der Waals surface area contributed by atoms with E-state index < -0.39 is 0 Å². The summed E-state index contributed by atoms with van der Waals surface area (Å²) in [6.45, 7) is 0.878. The molecule has 24 heavy (non-hydrogen) atoms. The van der Waals surface area contributed by atoms with Crippen LogP contribution in [-0.2, 0) is 6.54 Å². The number of nitrogens with zero attached hydrogens (tertiary/aromatic N) is 2. The van der Waals surface area contributed by atoms with Gasteiger partial charge in [0.05, 0.1) is 13.7 Å². The minimum Gasteiger partial charge on any atom is -0.480 e. The van der Waals surface area contributed by atoms with Crippen molar-refractivity contribution in [2.45, 2.75) is 6.54 Å². The number of aromatic nitrogens is 2. The fourth-order valence-corrected chi connectivity index (χ4v) is 2.68. The van der Waals surface area contributed by atoms with Gasteiger partial charge in [0.25, 0.3) is 0 Å². The molecule has 3 aromatic rings. The van der Waals surface area contributed by atoms with Crippen LogP contribution in [-0.4, -0.2) is 23.7 Å². The lowest BCUT2D eigenvalue weighted by atomic mass is 10.0. The molecule has 6 nitrogen and oxygen atoms in total. The first-order chi connectivity index (χ1) is 11.7. The highest BCUT2D eigenvalue weighted by molar-refractivity contribution is 5.67. The molecule has 0 saturated carbocycles. The number of rotatable bonds is 4. The maximum atomic E-state index is 5.93. The zero-order valence-corrected chi connectivity index (χ0v) is 13.2. The molecule has 0 saturated heterocycles. The second-order valence-corrected chi connectivity index (χ2v) is 5.53. The highest BCUT2D eigenvalue weighted by Crippen LogP contribution is 2.35. The van der Waals surface area contributed by atoms with Crippen LogP contribution < -0.4 is 19.9 Å². The first-order valence-corrected chi connectivity index (χ1v) is 7.59. The fourth-order valence-electron chi connectivity index (χ4n) is 2.68. The fraction of sp³-hybridized carbons (Fsp3) is 0.167. The van der Waals surface area contributed by atoms with E-state index in [2.05, 4.69) is 29.4 Å². The van der Waals surface area contributed by atoms with E-state index in [1.807, 2.05) is 18.2 Å². The molecule has 2 N–H and O–H groups in total. The molecule has 122 valence electrons. The van der Waals surface area contributed by atoms with Gasteiger partial charge in [0.2, 0.25) is 12.7 Å². The Morgan fingerprint density at radius 1 is 1.04 bits per heavy atom. The second kappa shape index (κ2) is 5.81. The monoisotopic (exact) mass is 323 g/mol. The van der Waals surface area contributed by atoms with Crippen molar-refractivity contribution in [2.24, 2.45) is 0 Å². The molecule has 0 amide bonds. The first-order valence-electron chi connectivity index (χ1n) is 7.59. The molecule has 1 aromatic heterocycles. The van der Waals surface area contributed by atoms with E-state index in [0.717, 1.165) is 28.2 Å². The second-order valence-electron chi connectivity index (χ2n) is 5.53. The van der Waals surface area contributed by atoms with Gasteiger partial charge in [-0.05, 0) is 28.8 Å². The molecule has 1 aliphatic rings. The molecule has 0 spiro atoms. The van der Waals surface area contributed by atoms with Crippen molar-refractivity contribution in [1.29, 1.82) is 0 Å². The van der Waals surface area contributed by atoms with Crippen LogP contribution in [0.5, 0.6) is 17.4 Å². The third-order valence-electron chi connectivity index (χ3n) is 3.99. The Labute approximate surface area is 139 Å². The van der Waals surface area contributed by atoms with Gasteiger partial charge in [-0.3, -0.25) is 0 Å². The van der Waals surface area contributed by atoms with Crippen molar-refractivity contribution in [3.63, 3.8) is 0 Å². The summed E-state index contributed by atoms with van der Waals surface area (Å²) in [5.41, 5.74) is 9.24. The zero-order valence-electron chi connectivity index (χ0n) is 13.2. The van der Waals surface area contributed by atoms with Gasteiger partial charge in [-0.25, -0.2) is 4.68 Å². The Hall–Kier alpha value is -3.15. The Bertz CT molecular complexity index is 872. The van der Waals surface area contributed by atoms with Gasteiger partial charge in [-0.1, -0.05) is 30.3 Å². The van der Waals surface area contributed by atoms with Crippen molar-refractivity contribution >= 4 is 5.82 Å². The number of ether oxygens (including phenoxy) is 3. The highest BCUT2D eigenvalue weighted by Gasteiger charge is 2.13. The van der Waals surface area contributed by atoms with Crippen LogP contribution in [0, 0.1) is 0 Å². The summed E-state index contributed by atoms with van der Waals surface area (Å²) in [4.78, 5) is 0. The minimum absolute atomic E-state index is 0.284. The van der Waals surface area contributed by atoms with Crippen molar-refractivity contribution in [2.75, 3.05) is 19.6 Å². The van der Waals surface area contributed by atoms with Crippen molar-refractivity contribution in [3.8, 4) is 28.5 Å². The largest absolute Gasteiger partial charge is 0.480 e. The van der Waals surface area contributed by atoms with Crippen LogP contribution in [0.15, 0.2) is 48.5 Å². The number of anilines is 1. The molecule has 4 rings (SSSR count). The number of fused-ring (bicyclic) bond motifs is 1. The average Bonchev–Trinajstić information content (AvgIpc) is 3.21. The van der Waals surface area contributed by atoms with E-state index in [4.69, 9.17) is 19.9 Å². The van der Waals surface area contributed by atoms with Gasteiger partial charge in [0, 0.05) is 6.07 Å². The maximum Gasteiger partial charge on any atom is 0.234 e. The molecule has 1 aliphatic heterocycles. The van der Waals surface area contributed by atoms with Crippen molar-refractivity contribution in [3.05, 3.63) is 54.1 Å². The standard InChI is InChI=1S/C18H17N3O3/c1-22-18-9-17(19)21(20-18)10-12-2-4-13(5-3-12)14-6-7-15-16(8-14)24-11-23-15/h2-9H,10-11,19H2,1H3. The number of hydrogen-bond donors (Lipinski definition) is 1. The van der Waals surface area contributed by atoms with Crippen LogP contribution in [0.3, 0.4) is 0 Å². The van der Waals surface area contributed by atoms with Crippen molar-refractivity contribution < 1.29 is 14.2 Å². The van der Waals surface area contributed by atoms with Crippen LogP contribution in [0.4, 0.5) is 5.82 Å². The lowest BCUT2D eigenvalue weighted by Crippen LogP contribution is -2.05. The number of nitrogens with two attached hydrogens (primary N) is 1.